The molecule has 4 heteroatoms. The first-order valence-corrected chi connectivity index (χ1v) is 5.98. The SMILES string of the molecule is Cc1cccc(OCC(=O)Nc2cccc(N)c2)c1. The zero-order valence-corrected chi connectivity index (χ0v) is 10.7. The van der Waals surface area contributed by atoms with Crippen LogP contribution in [0.4, 0.5) is 11.4 Å². The number of carbonyl (C=O) groups excluding carboxylic acids is 1. The maximum atomic E-state index is 11.7. The van der Waals surface area contributed by atoms with Crippen LogP contribution < -0.4 is 15.8 Å². The Labute approximate surface area is 112 Å². The van der Waals surface area contributed by atoms with Crippen molar-refractivity contribution in [1.29, 1.82) is 0 Å². The van der Waals surface area contributed by atoms with Crippen LogP contribution in [0.15, 0.2) is 48.5 Å². The molecule has 0 spiro atoms. The highest BCUT2D eigenvalue weighted by Crippen LogP contribution is 2.13. The van der Waals surface area contributed by atoms with Crippen molar-refractivity contribution in [2.45, 2.75) is 6.92 Å². The first-order chi connectivity index (χ1) is 9.13. The highest BCUT2D eigenvalue weighted by molar-refractivity contribution is 5.92. The van der Waals surface area contributed by atoms with Gasteiger partial charge in [-0.25, -0.2) is 0 Å². The van der Waals surface area contributed by atoms with E-state index in [1.54, 1.807) is 24.3 Å². The van der Waals surface area contributed by atoms with Crippen LogP contribution in [-0.2, 0) is 4.79 Å². The number of amides is 1. The summed E-state index contributed by atoms with van der Waals surface area (Å²) in [5.74, 6) is 0.467. The Hall–Kier alpha value is -2.49. The van der Waals surface area contributed by atoms with Crippen LogP contribution in [0.1, 0.15) is 5.56 Å². The molecule has 0 aliphatic rings. The molecule has 2 rings (SSSR count). The number of benzene rings is 2. The summed E-state index contributed by atoms with van der Waals surface area (Å²) >= 11 is 0. The van der Waals surface area contributed by atoms with Crippen LogP contribution in [-0.4, -0.2) is 12.5 Å². The monoisotopic (exact) mass is 256 g/mol. The molecule has 0 saturated heterocycles. The lowest BCUT2D eigenvalue weighted by molar-refractivity contribution is -0.118. The molecule has 1 amide bonds. The van der Waals surface area contributed by atoms with E-state index in [9.17, 15) is 4.79 Å². The third kappa shape index (κ3) is 4.03. The second-order valence-electron chi connectivity index (χ2n) is 4.28. The first-order valence-electron chi connectivity index (χ1n) is 5.98. The maximum Gasteiger partial charge on any atom is 0.262 e. The molecular weight excluding hydrogens is 240 g/mol. The first kappa shape index (κ1) is 13.0. The van der Waals surface area contributed by atoms with Gasteiger partial charge in [-0.1, -0.05) is 18.2 Å². The summed E-state index contributed by atoms with van der Waals surface area (Å²) in [5.41, 5.74) is 8.00. The van der Waals surface area contributed by atoms with Gasteiger partial charge in [0.15, 0.2) is 6.61 Å². The number of nitrogen functional groups attached to an aromatic ring is 1. The third-order valence-electron chi connectivity index (χ3n) is 2.53. The predicted molar refractivity (Wildman–Crippen MR) is 76.2 cm³/mol. The average Bonchev–Trinajstić information content (AvgIpc) is 2.36. The minimum absolute atomic E-state index is 0.0295. The molecule has 3 N–H and O–H groups in total. The second-order valence-corrected chi connectivity index (χ2v) is 4.28. The van der Waals surface area contributed by atoms with Gasteiger partial charge in [0.25, 0.3) is 5.91 Å². The van der Waals surface area contributed by atoms with Gasteiger partial charge < -0.3 is 15.8 Å². The molecule has 98 valence electrons. The molecule has 0 radical (unpaired) electrons. The van der Waals surface area contributed by atoms with Crippen molar-refractivity contribution in [2.75, 3.05) is 17.7 Å². The van der Waals surface area contributed by atoms with Crippen LogP contribution in [0.25, 0.3) is 0 Å². The summed E-state index contributed by atoms with van der Waals surface area (Å²) < 4.78 is 5.41. The summed E-state index contributed by atoms with van der Waals surface area (Å²) in [6.45, 7) is 1.94. The number of carbonyl (C=O) groups is 1. The van der Waals surface area contributed by atoms with E-state index in [0.717, 1.165) is 5.56 Å². The van der Waals surface area contributed by atoms with Gasteiger partial charge in [0.05, 0.1) is 0 Å². The van der Waals surface area contributed by atoms with Crippen molar-refractivity contribution < 1.29 is 9.53 Å². The normalized spacial score (nSPS) is 9.95. The lowest BCUT2D eigenvalue weighted by Crippen LogP contribution is -2.20. The molecule has 2 aromatic carbocycles. The molecule has 0 unspecified atom stereocenters. The molecule has 0 aromatic heterocycles. The van der Waals surface area contributed by atoms with Crippen molar-refractivity contribution in [3.63, 3.8) is 0 Å². The fourth-order valence-electron chi connectivity index (χ4n) is 1.67. The number of rotatable bonds is 4. The molecule has 0 heterocycles. The average molecular weight is 256 g/mol. The maximum absolute atomic E-state index is 11.7. The zero-order chi connectivity index (χ0) is 13.7. The number of anilines is 2. The van der Waals surface area contributed by atoms with E-state index in [1.165, 1.54) is 0 Å². The summed E-state index contributed by atoms with van der Waals surface area (Å²) in [4.78, 5) is 11.7. The molecule has 0 bridgehead atoms. The Balaban J connectivity index is 1.88. The van der Waals surface area contributed by atoms with E-state index in [-0.39, 0.29) is 12.5 Å². The number of nitrogens with two attached hydrogens (primary N) is 1. The topological polar surface area (TPSA) is 64.3 Å². The fourth-order valence-corrected chi connectivity index (χ4v) is 1.67. The summed E-state index contributed by atoms with van der Waals surface area (Å²) in [7, 11) is 0. The van der Waals surface area contributed by atoms with Gasteiger partial charge in [-0.05, 0) is 42.8 Å². The molecule has 0 atom stereocenters. The molecule has 2 aromatic rings. The number of ether oxygens (including phenoxy) is 1. The van der Waals surface area contributed by atoms with Gasteiger partial charge in [-0.2, -0.15) is 0 Å². The molecule has 0 aliphatic heterocycles. The van der Waals surface area contributed by atoms with Gasteiger partial charge in [0, 0.05) is 11.4 Å². The van der Waals surface area contributed by atoms with Gasteiger partial charge in [0.1, 0.15) is 5.75 Å². The van der Waals surface area contributed by atoms with Crippen molar-refractivity contribution >= 4 is 17.3 Å². The van der Waals surface area contributed by atoms with E-state index < -0.39 is 0 Å². The Kier molecular flexibility index (Phi) is 4.03. The molecular formula is C15H16N2O2. The molecule has 19 heavy (non-hydrogen) atoms. The van der Waals surface area contributed by atoms with Crippen molar-refractivity contribution in [3.8, 4) is 5.75 Å². The number of nitrogens with one attached hydrogen (secondary N) is 1. The smallest absolute Gasteiger partial charge is 0.262 e. The van der Waals surface area contributed by atoms with Gasteiger partial charge >= 0.3 is 0 Å². The quantitative estimate of drug-likeness (QED) is 0.826. The van der Waals surface area contributed by atoms with E-state index >= 15 is 0 Å². The van der Waals surface area contributed by atoms with Crippen molar-refractivity contribution in [1.82, 2.24) is 0 Å². The molecule has 0 saturated carbocycles. The van der Waals surface area contributed by atoms with Crippen LogP contribution in [0.2, 0.25) is 0 Å². The van der Waals surface area contributed by atoms with Crippen molar-refractivity contribution in [2.24, 2.45) is 0 Å². The minimum atomic E-state index is -0.216. The number of aryl methyl sites for hydroxylation is 1. The highest BCUT2D eigenvalue weighted by Gasteiger charge is 2.04. The van der Waals surface area contributed by atoms with Crippen LogP contribution in [0.5, 0.6) is 5.75 Å². The molecule has 0 fully saturated rings. The Morgan fingerprint density at radius 3 is 2.74 bits per heavy atom. The second kappa shape index (κ2) is 5.91. The third-order valence-corrected chi connectivity index (χ3v) is 2.53. The highest BCUT2D eigenvalue weighted by atomic mass is 16.5. The van der Waals surface area contributed by atoms with Crippen LogP contribution in [0, 0.1) is 6.92 Å². The Morgan fingerprint density at radius 2 is 2.00 bits per heavy atom. The largest absolute Gasteiger partial charge is 0.484 e. The van der Waals surface area contributed by atoms with E-state index in [0.29, 0.717) is 17.1 Å². The Morgan fingerprint density at radius 1 is 1.21 bits per heavy atom. The predicted octanol–water partition coefficient (Wildman–Crippen LogP) is 2.59. The summed E-state index contributed by atoms with van der Waals surface area (Å²) in [6.07, 6.45) is 0. The van der Waals surface area contributed by atoms with Crippen LogP contribution in [0.3, 0.4) is 0 Å². The molecule has 0 aliphatic carbocycles. The number of hydrogen-bond donors (Lipinski definition) is 2. The number of hydrogen-bond acceptors (Lipinski definition) is 3. The molecule has 4 nitrogen and oxygen atoms in total. The Bertz CT molecular complexity index is 582. The minimum Gasteiger partial charge on any atom is -0.484 e. The van der Waals surface area contributed by atoms with E-state index in [1.807, 2.05) is 31.2 Å². The lowest BCUT2D eigenvalue weighted by Gasteiger charge is -2.08. The fraction of sp³-hybridized carbons (Fsp3) is 0.133. The summed E-state index contributed by atoms with van der Waals surface area (Å²) in [5, 5.41) is 2.72. The van der Waals surface area contributed by atoms with Gasteiger partial charge in [0.2, 0.25) is 0 Å². The standard InChI is InChI=1S/C15H16N2O2/c1-11-4-2-7-14(8-11)19-10-15(18)17-13-6-3-5-12(16)9-13/h2-9H,10,16H2,1H3,(H,17,18). The van der Waals surface area contributed by atoms with Crippen LogP contribution >= 0.6 is 0 Å². The van der Waals surface area contributed by atoms with Gasteiger partial charge in [-0.3, -0.25) is 4.79 Å². The van der Waals surface area contributed by atoms with E-state index in [2.05, 4.69) is 5.32 Å². The van der Waals surface area contributed by atoms with E-state index in [4.69, 9.17) is 10.5 Å². The summed E-state index contributed by atoms with van der Waals surface area (Å²) in [6, 6.07) is 14.6. The zero-order valence-electron chi connectivity index (χ0n) is 10.7. The van der Waals surface area contributed by atoms with Crippen molar-refractivity contribution in [3.05, 3.63) is 54.1 Å². The lowest BCUT2D eigenvalue weighted by atomic mass is 10.2. The van der Waals surface area contributed by atoms with Gasteiger partial charge in [-0.15, -0.1) is 0 Å².